The van der Waals surface area contributed by atoms with E-state index >= 15 is 0 Å². The van der Waals surface area contributed by atoms with Gasteiger partial charge < -0.3 is 9.80 Å². The third-order valence-corrected chi connectivity index (χ3v) is 8.49. The third kappa shape index (κ3) is 7.93. The van der Waals surface area contributed by atoms with Gasteiger partial charge in [-0.05, 0) is 65.5 Å². The van der Waals surface area contributed by atoms with Crippen molar-refractivity contribution >= 4 is 54.7 Å². The lowest BCUT2D eigenvalue weighted by molar-refractivity contribution is 0.451. The van der Waals surface area contributed by atoms with E-state index in [1.54, 1.807) is 21.6 Å². The summed E-state index contributed by atoms with van der Waals surface area (Å²) in [6, 6.07) is 17.4. The highest BCUT2D eigenvalue weighted by molar-refractivity contribution is 8.89. The normalized spacial score (nSPS) is 10.6. The van der Waals surface area contributed by atoms with E-state index in [-0.39, 0.29) is 0 Å². The van der Waals surface area contributed by atoms with Gasteiger partial charge in [-0.3, -0.25) is 0 Å². The maximum atomic E-state index is 5.70. The second-order valence-corrected chi connectivity index (χ2v) is 10.3. The molecule has 0 aromatic heterocycles. The monoisotopic (exact) mass is 462 g/mol. The topological polar surface area (TPSA) is 6.48 Å². The van der Waals surface area contributed by atoms with Crippen molar-refractivity contribution in [2.24, 2.45) is 0 Å². The molecule has 0 bridgehead atoms. The maximum Gasteiger partial charge on any atom is 0.147 e. The molecule has 0 aliphatic rings. The van der Waals surface area contributed by atoms with E-state index in [1.165, 1.54) is 22.3 Å². The minimum absolute atomic E-state index is 0.831. The van der Waals surface area contributed by atoms with Gasteiger partial charge in [0, 0.05) is 26.2 Å². The average Bonchev–Trinajstić information content (AvgIpc) is 2.75. The summed E-state index contributed by atoms with van der Waals surface area (Å²) in [6.45, 7) is 12.0. The van der Waals surface area contributed by atoms with Crippen LogP contribution in [0.25, 0.3) is 0 Å². The summed E-state index contributed by atoms with van der Waals surface area (Å²) in [5, 5.41) is 0. The van der Waals surface area contributed by atoms with Crippen molar-refractivity contribution < 1.29 is 0 Å². The fourth-order valence-corrected chi connectivity index (χ4v) is 5.60. The molecule has 0 saturated carbocycles. The Morgan fingerprint density at radius 2 is 1.07 bits per heavy atom. The molecule has 0 fully saturated rings. The van der Waals surface area contributed by atoms with Crippen LogP contribution in [0, 0.1) is 6.92 Å². The van der Waals surface area contributed by atoms with E-state index in [0.29, 0.717) is 0 Å². The van der Waals surface area contributed by atoms with E-state index in [0.717, 1.165) is 41.2 Å². The molecule has 29 heavy (non-hydrogen) atoms. The smallest absolute Gasteiger partial charge is 0.147 e. The molecule has 0 aliphatic heterocycles. The van der Waals surface area contributed by atoms with Gasteiger partial charge in [0.25, 0.3) is 0 Å². The Kier molecular flexibility index (Phi) is 10.5. The highest BCUT2D eigenvalue weighted by Crippen LogP contribution is 2.29. The Morgan fingerprint density at radius 1 is 0.690 bits per heavy atom. The van der Waals surface area contributed by atoms with Crippen LogP contribution < -0.4 is 0 Å². The first-order valence-corrected chi connectivity index (χ1v) is 13.0. The quantitative estimate of drug-likeness (QED) is 0.325. The van der Waals surface area contributed by atoms with Crippen molar-refractivity contribution in [1.82, 2.24) is 9.80 Å². The van der Waals surface area contributed by atoms with Crippen LogP contribution in [0.4, 0.5) is 0 Å². The summed E-state index contributed by atoms with van der Waals surface area (Å²) in [5.74, 6) is 0. The molecule has 0 heterocycles. The lowest BCUT2D eigenvalue weighted by atomic mass is 10.1. The number of benzene rings is 2. The first-order chi connectivity index (χ1) is 14.0. The van der Waals surface area contributed by atoms with Gasteiger partial charge in [0.15, 0.2) is 0 Å². The minimum Gasteiger partial charge on any atom is -0.353 e. The molecule has 6 heteroatoms. The second kappa shape index (κ2) is 12.6. The number of aryl methyl sites for hydroxylation is 2. The third-order valence-electron chi connectivity index (χ3n) is 4.76. The first-order valence-electron chi connectivity index (χ1n) is 10.0. The first kappa shape index (κ1) is 24.2. The Labute approximate surface area is 194 Å². The van der Waals surface area contributed by atoms with E-state index < -0.39 is 0 Å². The van der Waals surface area contributed by atoms with Crippen molar-refractivity contribution in [2.75, 3.05) is 13.1 Å². The fourth-order valence-electron chi connectivity index (χ4n) is 2.80. The zero-order valence-electron chi connectivity index (χ0n) is 17.7. The SMILES string of the molecule is CCc1ccc(CN(CC)C(=S)SSC(=S)N(CC)Cc2ccc(C)cc2)cc1. The molecule has 2 nitrogen and oxygen atoms in total. The van der Waals surface area contributed by atoms with Crippen molar-refractivity contribution in [3.05, 3.63) is 70.8 Å². The van der Waals surface area contributed by atoms with Crippen LogP contribution in [0.15, 0.2) is 48.5 Å². The molecule has 2 aromatic rings. The largest absolute Gasteiger partial charge is 0.353 e. The number of rotatable bonds is 7. The highest BCUT2D eigenvalue weighted by atomic mass is 33.1. The standard InChI is InChI=1S/C23H30N2S4/c1-5-19-12-14-21(15-13-19)17-25(7-3)23(27)29-28-22(26)24(6-2)16-20-10-8-18(4)9-11-20/h8-15H,5-7,16-17H2,1-4H3. The van der Waals surface area contributed by atoms with Gasteiger partial charge in [-0.25, -0.2) is 0 Å². The molecular weight excluding hydrogens is 433 g/mol. The molecule has 0 radical (unpaired) electrons. The van der Waals surface area contributed by atoms with Crippen LogP contribution in [0.3, 0.4) is 0 Å². The van der Waals surface area contributed by atoms with Crippen molar-refractivity contribution in [1.29, 1.82) is 0 Å². The van der Waals surface area contributed by atoms with Gasteiger partial charge in [-0.2, -0.15) is 0 Å². The Morgan fingerprint density at radius 3 is 1.45 bits per heavy atom. The molecule has 0 amide bonds. The van der Waals surface area contributed by atoms with Crippen LogP contribution in [-0.2, 0) is 19.5 Å². The molecule has 0 spiro atoms. The highest BCUT2D eigenvalue weighted by Gasteiger charge is 2.14. The van der Waals surface area contributed by atoms with Crippen molar-refractivity contribution in [3.63, 3.8) is 0 Å². The summed E-state index contributed by atoms with van der Waals surface area (Å²) >= 11 is 11.4. The van der Waals surface area contributed by atoms with E-state index in [9.17, 15) is 0 Å². The van der Waals surface area contributed by atoms with Gasteiger partial charge in [0.2, 0.25) is 0 Å². The van der Waals surface area contributed by atoms with E-state index in [4.69, 9.17) is 24.4 Å². The predicted molar refractivity (Wildman–Crippen MR) is 140 cm³/mol. The van der Waals surface area contributed by atoms with Crippen LogP contribution >= 0.6 is 46.0 Å². The van der Waals surface area contributed by atoms with Gasteiger partial charge in [-0.1, -0.05) is 85.5 Å². The minimum atomic E-state index is 0.831. The van der Waals surface area contributed by atoms with Gasteiger partial charge in [0.05, 0.1) is 0 Å². The summed E-state index contributed by atoms with van der Waals surface area (Å²) < 4.78 is 1.76. The van der Waals surface area contributed by atoms with Gasteiger partial charge >= 0.3 is 0 Å². The molecule has 0 unspecified atom stereocenters. The van der Waals surface area contributed by atoms with E-state index in [2.05, 4.69) is 86.0 Å². The summed E-state index contributed by atoms with van der Waals surface area (Å²) in [5.41, 5.74) is 5.20. The molecule has 156 valence electrons. The molecule has 0 atom stereocenters. The van der Waals surface area contributed by atoms with Gasteiger partial charge in [0.1, 0.15) is 8.64 Å². The number of nitrogens with zero attached hydrogens (tertiary/aromatic N) is 2. The lowest BCUT2D eigenvalue weighted by Crippen LogP contribution is -2.28. The van der Waals surface area contributed by atoms with Crippen molar-refractivity contribution in [3.8, 4) is 0 Å². The summed E-state index contributed by atoms with van der Waals surface area (Å²) in [7, 11) is 3.18. The molecule has 2 aromatic carbocycles. The Balaban J connectivity index is 1.88. The predicted octanol–water partition coefficient (Wildman–Crippen LogP) is 6.85. The Bertz CT molecular complexity index is 788. The second-order valence-electron chi connectivity index (χ2n) is 6.88. The van der Waals surface area contributed by atoms with Crippen LogP contribution in [0.5, 0.6) is 0 Å². The molecule has 0 aliphatic carbocycles. The van der Waals surface area contributed by atoms with Gasteiger partial charge in [-0.15, -0.1) is 0 Å². The maximum absolute atomic E-state index is 5.70. The number of thiocarbonyl (C=S) groups is 2. The van der Waals surface area contributed by atoms with Crippen LogP contribution in [0.2, 0.25) is 0 Å². The number of hydrogen-bond acceptors (Lipinski definition) is 4. The molecule has 2 rings (SSSR count). The lowest BCUT2D eigenvalue weighted by Gasteiger charge is -2.25. The summed E-state index contributed by atoms with van der Waals surface area (Å²) in [6.07, 6.45) is 1.07. The van der Waals surface area contributed by atoms with Crippen molar-refractivity contribution in [2.45, 2.75) is 47.2 Å². The number of hydrogen-bond donors (Lipinski definition) is 0. The van der Waals surface area contributed by atoms with Crippen LogP contribution in [0.1, 0.15) is 43.0 Å². The zero-order chi connectivity index (χ0) is 21.2. The molecule has 0 N–H and O–H groups in total. The summed E-state index contributed by atoms with van der Waals surface area (Å²) in [4.78, 5) is 4.45. The molecule has 0 saturated heterocycles. The average molecular weight is 463 g/mol. The van der Waals surface area contributed by atoms with E-state index in [1.807, 2.05) is 0 Å². The zero-order valence-corrected chi connectivity index (χ0v) is 20.9. The Hall–Kier alpha value is -1.08. The van der Waals surface area contributed by atoms with Crippen LogP contribution in [-0.4, -0.2) is 31.5 Å². The fraction of sp³-hybridized carbons (Fsp3) is 0.391. The molecular formula is C23H30N2S4.